The molecule has 1 atom stereocenters. The minimum absolute atomic E-state index is 0. The predicted octanol–water partition coefficient (Wildman–Crippen LogP) is 2.37. The molecule has 5 nitrogen and oxygen atoms in total. The number of piperidine rings is 1. The average Bonchev–Trinajstić information content (AvgIpc) is 2.90. The van der Waals surface area contributed by atoms with Crippen LogP contribution in [0.5, 0.6) is 0 Å². The van der Waals surface area contributed by atoms with Crippen molar-refractivity contribution < 1.29 is 4.52 Å². The highest BCUT2D eigenvalue weighted by atomic mass is 35.5. The second-order valence-electron chi connectivity index (χ2n) is 4.19. The summed E-state index contributed by atoms with van der Waals surface area (Å²) in [6.07, 6.45) is 6.96. The lowest BCUT2D eigenvalue weighted by Crippen LogP contribution is -2.26. The minimum Gasteiger partial charge on any atom is -0.337 e. The molecule has 3 rings (SSSR count). The van der Waals surface area contributed by atoms with Gasteiger partial charge in [0.05, 0.1) is 6.04 Å². The lowest BCUT2D eigenvalue weighted by atomic mass is 10.1. The summed E-state index contributed by atoms with van der Waals surface area (Å²) in [5.74, 6) is 1.33. The Morgan fingerprint density at radius 2 is 2.06 bits per heavy atom. The number of hydrogen-bond acceptors (Lipinski definition) is 5. The van der Waals surface area contributed by atoms with Crippen molar-refractivity contribution in [2.24, 2.45) is 0 Å². The molecule has 1 unspecified atom stereocenters. The summed E-state index contributed by atoms with van der Waals surface area (Å²) in [6.45, 7) is 1.03. The Balaban J connectivity index is 0.00000120. The van der Waals surface area contributed by atoms with Crippen LogP contribution in [0.2, 0.25) is 0 Å². The van der Waals surface area contributed by atoms with Crippen LogP contribution < -0.4 is 5.32 Å². The minimum atomic E-state index is 0. The van der Waals surface area contributed by atoms with E-state index in [1.54, 1.807) is 12.4 Å². The number of nitrogens with one attached hydrogen (secondary N) is 1. The van der Waals surface area contributed by atoms with Crippen LogP contribution in [0, 0.1) is 0 Å². The molecule has 3 heterocycles. The van der Waals surface area contributed by atoms with Gasteiger partial charge in [-0.25, -0.2) is 0 Å². The lowest BCUT2D eigenvalue weighted by Gasteiger charge is -2.19. The van der Waals surface area contributed by atoms with E-state index in [9.17, 15) is 0 Å². The fourth-order valence-electron chi connectivity index (χ4n) is 2.06. The van der Waals surface area contributed by atoms with Crippen LogP contribution in [0.4, 0.5) is 0 Å². The highest BCUT2D eigenvalue weighted by Gasteiger charge is 2.21. The molecule has 0 aliphatic carbocycles. The number of halogens is 1. The molecule has 96 valence electrons. The van der Waals surface area contributed by atoms with Crippen LogP contribution in [0.15, 0.2) is 29.0 Å². The molecule has 18 heavy (non-hydrogen) atoms. The third kappa shape index (κ3) is 2.68. The van der Waals surface area contributed by atoms with E-state index in [-0.39, 0.29) is 18.4 Å². The van der Waals surface area contributed by atoms with Gasteiger partial charge in [-0.15, -0.1) is 12.4 Å². The summed E-state index contributed by atoms with van der Waals surface area (Å²) in [7, 11) is 0. The van der Waals surface area contributed by atoms with Gasteiger partial charge in [-0.2, -0.15) is 4.98 Å². The third-order valence-corrected chi connectivity index (χ3v) is 2.99. The Labute approximate surface area is 111 Å². The van der Waals surface area contributed by atoms with Crippen LogP contribution >= 0.6 is 12.4 Å². The van der Waals surface area contributed by atoms with E-state index in [1.165, 1.54) is 12.8 Å². The fraction of sp³-hybridized carbons (Fsp3) is 0.417. The number of rotatable bonds is 2. The van der Waals surface area contributed by atoms with E-state index < -0.39 is 0 Å². The van der Waals surface area contributed by atoms with Gasteiger partial charge in [-0.3, -0.25) is 4.98 Å². The van der Waals surface area contributed by atoms with Gasteiger partial charge in [-0.05, 0) is 31.5 Å². The number of hydrogen-bond donors (Lipinski definition) is 1. The Morgan fingerprint density at radius 1 is 1.22 bits per heavy atom. The van der Waals surface area contributed by atoms with Crippen LogP contribution in [0.1, 0.15) is 31.2 Å². The van der Waals surface area contributed by atoms with Gasteiger partial charge in [-0.1, -0.05) is 11.6 Å². The van der Waals surface area contributed by atoms with E-state index >= 15 is 0 Å². The maximum absolute atomic E-state index is 5.31. The number of aromatic nitrogens is 3. The fourth-order valence-corrected chi connectivity index (χ4v) is 2.06. The van der Waals surface area contributed by atoms with Crippen molar-refractivity contribution in [3.8, 4) is 11.4 Å². The maximum atomic E-state index is 5.31. The average molecular weight is 267 g/mol. The van der Waals surface area contributed by atoms with Crippen molar-refractivity contribution in [1.29, 1.82) is 0 Å². The molecule has 0 radical (unpaired) electrons. The molecule has 0 aromatic carbocycles. The molecular weight excluding hydrogens is 252 g/mol. The first kappa shape index (κ1) is 13.0. The molecule has 0 amide bonds. The lowest BCUT2D eigenvalue weighted by molar-refractivity contribution is 0.297. The van der Waals surface area contributed by atoms with E-state index in [0.717, 1.165) is 18.5 Å². The second kappa shape index (κ2) is 5.93. The normalized spacial score (nSPS) is 19.2. The van der Waals surface area contributed by atoms with Crippen LogP contribution in [0.3, 0.4) is 0 Å². The largest absolute Gasteiger partial charge is 0.337 e. The summed E-state index contributed by atoms with van der Waals surface area (Å²) in [5, 5.41) is 7.40. The van der Waals surface area contributed by atoms with E-state index in [1.807, 2.05) is 12.1 Å². The second-order valence-corrected chi connectivity index (χ2v) is 4.19. The van der Waals surface area contributed by atoms with Gasteiger partial charge in [0.15, 0.2) is 0 Å². The Kier molecular flexibility index (Phi) is 4.28. The first-order valence-electron chi connectivity index (χ1n) is 5.91. The Bertz CT molecular complexity index is 482. The van der Waals surface area contributed by atoms with Crippen LogP contribution in [0.25, 0.3) is 11.4 Å². The van der Waals surface area contributed by atoms with Gasteiger partial charge < -0.3 is 9.84 Å². The Hall–Kier alpha value is -1.46. The SMILES string of the molecule is Cl.c1cc(-c2noc(C3CCCCN3)n2)ccn1. The molecule has 2 aromatic rings. The molecular formula is C12H15ClN4O. The zero-order valence-electron chi connectivity index (χ0n) is 9.87. The van der Waals surface area contributed by atoms with Gasteiger partial charge in [0, 0.05) is 18.0 Å². The molecule has 0 spiro atoms. The molecule has 0 bridgehead atoms. The van der Waals surface area contributed by atoms with E-state index in [2.05, 4.69) is 20.4 Å². The quantitative estimate of drug-likeness (QED) is 0.904. The molecule has 0 saturated carbocycles. The van der Waals surface area contributed by atoms with Crippen LogP contribution in [-0.2, 0) is 0 Å². The monoisotopic (exact) mass is 266 g/mol. The van der Waals surface area contributed by atoms with Gasteiger partial charge >= 0.3 is 0 Å². The molecule has 1 aliphatic rings. The molecule has 1 fully saturated rings. The molecule has 1 aliphatic heterocycles. The summed E-state index contributed by atoms with van der Waals surface area (Å²) in [4.78, 5) is 8.41. The first-order chi connectivity index (χ1) is 8.43. The summed E-state index contributed by atoms with van der Waals surface area (Å²) < 4.78 is 5.31. The summed E-state index contributed by atoms with van der Waals surface area (Å²) >= 11 is 0. The maximum Gasteiger partial charge on any atom is 0.244 e. The van der Waals surface area contributed by atoms with E-state index in [4.69, 9.17) is 4.52 Å². The van der Waals surface area contributed by atoms with Crippen molar-refractivity contribution in [3.05, 3.63) is 30.4 Å². The molecule has 1 N–H and O–H groups in total. The van der Waals surface area contributed by atoms with Gasteiger partial charge in [0.1, 0.15) is 0 Å². The smallest absolute Gasteiger partial charge is 0.244 e. The van der Waals surface area contributed by atoms with Crippen molar-refractivity contribution in [2.45, 2.75) is 25.3 Å². The predicted molar refractivity (Wildman–Crippen MR) is 69.4 cm³/mol. The number of nitrogens with zero attached hydrogens (tertiary/aromatic N) is 3. The summed E-state index contributed by atoms with van der Waals surface area (Å²) in [5.41, 5.74) is 0.936. The summed E-state index contributed by atoms with van der Waals surface area (Å²) in [6, 6.07) is 3.97. The number of pyridine rings is 1. The molecule has 6 heteroatoms. The standard InChI is InChI=1S/C12H14N4O.ClH/c1-2-6-14-10(3-1)12-15-11(16-17-12)9-4-7-13-8-5-9;/h4-5,7-8,10,14H,1-3,6H2;1H. The topological polar surface area (TPSA) is 63.8 Å². The molecule has 2 aromatic heterocycles. The van der Waals surface area contributed by atoms with Crippen molar-refractivity contribution in [1.82, 2.24) is 20.4 Å². The molecule has 1 saturated heterocycles. The third-order valence-electron chi connectivity index (χ3n) is 2.99. The van der Waals surface area contributed by atoms with Crippen molar-refractivity contribution in [2.75, 3.05) is 6.54 Å². The van der Waals surface area contributed by atoms with Crippen molar-refractivity contribution >= 4 is 12.4 Å². The Morgan fingerprint density at radius 3 is 2.78 bits per heavy atom. The van der Waals surface area contributed by atoms with Crippen molar-refractivity contribution in [3.63, 3.8) is 0 Å². The van der Waals surface area contributed by atoms with Gasteiger partial charge in [0.25, 0.3) is 0 Å². The van der Waals surface area contributed by atoms with Crippen LogP contribution in [-0.4, -0.2) is 21.7 Å². The van der Waals surface area contributed by atoms with Gasteiger partial charge in [0.2, 0.25) is 11.7 Å². The first-order valence-corrected chi connectivity index (χ1v) is 5.91. The highest BCUT2D eigenvalue weighted by Crippen LogP contribution is 2.23. The highest BCUT2D eigenvalue weighted by molar-refractivity contribution is 5.85. The zero-order valence-corrected chi connectivity index (χ0v) is 10.7. The zero-order chi connectivity index (χ0) is 11.5. The van der Waals surface area contributed by atoms with E-state index in [0.29, 0.717) is 11.7 Å².